The molecule has 0 bridgehead atoms. The Labute approximate surface area is 145 Å². The molecule has 1 heterocycles. The van der Waals surface area contributed by atoms with Gasteiger partial charge in [0.05, 0.1) is 6.54 Å². The number of carbonyl (C=O) groups excluding carboxylic acids is 2. The van der Waals surface area contributed by atoms with Crippen molar-refractivity contribution in [1.82, 2.24) is 10.6 Å². The maximum atomic E-state index is 11.9. The molecule has 3 rings (SSSR count). The Morgan fingerprint density at radius 2 is 1.84 bits per heavy atom. The summed E-state index contributed by atoms with van der Waals surface area (Å²) in [6.07, 6.45) is 0. The minimum atomic E-state index is -0.599. The van der Waals surface area contributed by atoms with Gasteiger partial charge in [-0.15, -0.1) is 0 Å². The van der Waals surface area contributed by atoms with E-state index in [2.05, 4.69) is 16.0 Å². The topological polar surface area (TPSA) is 88.7 Å². The minimum Gasteiger partial charge on any atom is -0.454 e. The van der Waals surface area contributed by atoms with Crippen molar-refractivity contribution in [2.24, 2.45) is 0 Å². The molecule has 0 saturated carbocycles. The molecule has 7 nitrogen and oxygen atoms in total. The normalized spacial score (nSPS) is 13.2. The number of hydrogen-bond acceptors (Lipinski definition) is 5. The largest absolute Gasteiger partial charge is 0.454 e. The van der Waals surface area contributed by atoms with Crippen molar-refractivity contribution < 1.29 is 19.1 Å². The smallest absolute Gasteiger partial charge is 0.325 e. The molecule has 0 radical (unpaired) electrons. The first-order chi connectivity index (χ1) is 12.1. The zero-order valence-corrected chi connectivity index (χ0v) is 13.7. The summed E-state index contributed by atoms with van der Waals surface area (Å²) in [5.74, 6) is 0.768. The molecule has 7 heteroatoms. The molecule has 3 amide bonds. The second kappa shape index (κ2) is 7.67. The van der Waals surface area contributed by atoms with Crippen LogP contribution in [0.25, 0.3) is 0 Å². The molecule has 25 heavy (non-hydrogen) atoms. The van der Waals surface area contributed by atoms with E-state index in [0.29, 0.717) is 17.2 Å². The number of imide groups is 1. The van der Waals surface area contributed by atoms with E-state index in [1.165, 1.54) is 0 Å². The highest BCUT2D eigenvalue weighted by Gasteiger charge is 2.15. The number of urea groups is 1. The van der Waals surface area contributed by atoms with Crippen LogP contribution in [0, 0.1) is 0 Å². The Hall–Kier alpha value is -3.06. The molecule has 2 aromatic rings. The summed E-state index contributed by atoms with van der Waals surface area (Å²) in [6.45, 7) is 2.15. The van der Waals surface area contributed by atoms with Crippen molar-refractivity contribution in [3.63, 3.8) is 0 Å². The second-order valence-corrected chi connectivity index (χ2v) is 5.58. The van der Waals surface area contributed by atoms with Gasteiger partial charge in [-0.25, -0.2) is 4.79 Å². The quantitative estimate of drug-likeness (QED) is 0.777. The van der Waals surface area contributed by atoms with E-state index in [1.54, 1.807) is 18.2 Å². The van der Waals surface area contributed by atoms with Gasteiger partial charge < -0.3 is 20.1 Å². The van der Waals surface area contributed by atoms with Crippen molar-refractivity contribution in [1.29, 1.82) is 0 Å². The van der Waals surface area contributed by atoms with E-state index in [9.17, 15) is 9.59 Å². The van der Waals surface area contributed by atoms with E-state index < -0.39 is 11.9 Å². The average Bonchev–Trinajstić information content (AvgIpc) is 3.08. The first-order valence-corrected chi connectivity index (χ1v) is 7.90. The molecule has 0 aliphatic carbocycles. The Balaban J connectivity index is 1.45. The van der Waals surface area contributed by atoms with E-state index >= 15 is 0 Å². The highest BCUT2D eigenvalue weighted by atomic mass is 16.7. The summed E-state index contributed by atoms with van der Waals surface area (Å²) in [6, 6.07) is 14.2. The number of amides is 3. The number of benzene rings is 2. The second-order valence-electron chi connectivity index (χ2n) is 5.58. The number of rotatable bonds is 5. The summed E-state index contributed by atoms with van der Waals surface area (Å²) in [5.41, 5.74) is 1.58. The van der Waals surface area contributed by atoms with Crippen LogP contribution < -0.4 is 25.4 Å². The minimum absolute atomic E-state index is 0.00358. The third-order valence-corrected chi connectivity index (χ3v) is 3.75. The van der Waals surface area contributed by atoms with Crippen LogP contribution in [0.1, 0.15) is 18.5 Å². The molecule has 0 spiro atoms. The first kappa shape index (κ1) is 16.8. The molecule has 2 aromatic carbocycles. The molecule has 3 N–H and O–H groups in total. The fourth-order valence-electron chi connectivity index (χ4n) is 2.41. The fourth-order valence-corrected chi connectivity index (χ4v) is 2.41. The van der Waals surface area contributed by atoms with E-state index in [1.807, 2.05) is 37.3 Å². The molecular formula is C18H19N3O4. The Bertz CT molecular complexity index is 764. The lowest BCUT2D eigenvalue weighted by Crippen LogP contribution is -2.40. The van der Waals surface area contributed by atoms with Crippen molar-refractivity contribution in [3.05, 3.63) is 54.1 Å². The number of hydrogen-bond donors (Lipinski definition) is 3. The van der Waals surface area contributed by atoms with Crippen molar-refractivity contribution >= 4 is 17.6 Å². The highest BCUT2D eigenvalue weighted by Crippen LogP contribution is 2.34. The van der Waals surface area contributed by atoms with Crippen molar-refractivity contribution in [2.75, 3.05) is 18.7 Å². The van der Waals surface area contributed by atoms with Gasteiger partial charge in [0.1, 0.15) is 0 Å². The molecule has 1 aliphatic rings. The maximum Gasteiger partial charge on any atom is 0.325 e. The standard InChI is InChI=1S/C18H19N3O4/c1-12(13-5-3-2-4-6-13)19-10-17(22)21-18(23)20-14-7-8-15-16(9-14)25-11-24-15/h2-9,12,19H,10-11H2,1H3,(H2,20,21,22,23)/t12-/m0/s1. The summed E-state index contributed by atoms with van der Waals surface area (Å²) < 4.78 is 10.4. The van der Waals surface area contributed by atoms with Crippen LogP contribution in [0.5, 0.6) is 11.5 Å². The summed E-state index contributed by atoms with van der Waals surface area (Å²) in [5, 5.41) is 7.94. The molecule has 130 valence electrons. The predicted molar refractivity (Wildman–Crippen MR) is 92.6 cm³/mol. The van der Waals surface area contributed by atoms with Gasteiger partial charge in [-0.3, -0.25) is 10.1 Å². The number of carbonyl (C=O) groups is 2. The van der Waals surface area contributed by atoms with Gasteiger partial charge in [-0.1, -0.05) is 30.3 Å². The third kappa shape index (κ3) is 4.48. The van der Waals surface area contributed by atoms with Gasteiger partial charge in [0, 0.05) is 17.8 Å². The van der Waals surface area contributed by atoms with Crippen LogP contribution >= 0.6 is 0 Å². The fraction of sp³-hybridized carbons (Fsp3) is 0.222. The first-order valence-electron chi connectivity index (χ1n) is 7.90. The van der Waals surface area contributed by atoms with E-state index in [0.717, 1.165) is 5.56 Å². The van der Waals surface area contributed by atoms with E-state index in [4.69, 9.17) is 9.47 Å². The highest BCUT2D eigenvalue weighted by molar-refractivity contribution is 6.01. The van der Waals surface area contributed by atoms with Gasteiger partial charge in [-0.05, 0) is 24.6 Å². The summed E-state index contributed by atoms with van der Waals surface area (Å²) >= 11 is 0. The lowest BCUT2D eigenvalue weighted by Gasteiger charge is -2.14. The van der Waals surface area contributed by atoms with Gasteiger partial charge in [0.15, 0.2) is 11.5 Å². The van der Waals surface area contributed by atoms with E-state index in [-0.39, 0.29) is 19.4 Å². The van der Waals surface area contributed by atoms with Crippen LogP contribution in [0.2, 0.25) is 0 Å². The molecule has 1 aliphatic heterocycles. The Morgan fingerprint density at radius 1 is 1.08 bits per heavy atom. The molecular weight excluding hydrogens is 322 g/mol. The van der Waals surface area contributed by atoms with Gasteiger partial charge in [-0.2, -0.15) is 0 Å². The molecule has 0 aromatic heterocycles. The molecule has 0 unspecified atom stereocenters. The Morgan fingerprint density at radius 3 is 2.64 bits per heavy atom. The monoisotopic (exact) mass is 341 g/mol. The number of nitrogens with one attached hydrogen (secondary N) is 3. The van der Waals surface area contributed by atoms with Crippen LogP contribution in [0.3, 0.4) is 0 Å². The van der Waals surface area contributed by atoms with Crippen LogP contribution in [0.15, 0.2) is 48.5 Å². The van der Waals surface area contributed by atoms with Crippen LogP contribution in [-0.4, -0.2) is 25.3 Å². The van der Waals surface area contributed by atoms with Crippen LogP contribution in [0.4, 0.5) is 10.5 Å². The van der Waals surface area contributed by atoms with Crippen LogP contribution in [-0.2, 0) is 4.79 Å². The van der Waals surface area contributed by atoms with Gasteiger partial charge in [0.2, 0.25) is 12.7 Å². The number of anilines is 1. The summed E-state index contributed by atoms with van der Waals surface area (Å²) in [7, 11) is 0. The molecule has 0 saturated heterocycles. The number of ether oxygens (including phenoxy) is 2. The number of fused-ring (bicyclic) bond motifs is 1. The molecule has 0 fully saturated rings. The SMILES string of the molecule is C[C@H](NCC(=O)NC(=O)Nc1ccc2c(c1)OCO2)c1ccccc1. The van der Waals surface area contributed by atoms with Crippen molar-refractivity contribution in [2.45, 2.75) is 13.0 Å². The third-order valence-electron chi connectivity index (χ3n) is 3.75. The zero-order valence-electron chi connectivity index (χ0n) is 13.7. The maximum absolute atomic E-state index is 11.9. The lowest BCUT2D eigenvalue weighted by atomic mass is 10.1. The van der Waals surface area contributed by atoms with Gasteiger partial charge >= 0.3 is 6.03 Å². The van der Waals surface area contributed by atoms with Gasteiger partial charge in [0.25, 0.3) is 0 Å². The average molecular weight is 341 g/mol. The Kier molecular flexibility index (Phi) is 5.15. The van der Waals surface area contributed by atoms with Crippen molar-refractivity contribution in [3.8, 4) is 11.5 Å². The zero-order chi connectivity index (χ0) is 17.6. The summed E-state index contributed by atoms with van der Waals surface area (Å²) in [4.78, 5) is 23.8. The molecule has 1 atom stereocenters. The predicted octanol–water partition coefficient (Wildman–Crippen LogP) is 2.41. The lowest BCUT2D eigenvalue weighted by molar-refractivity contribution is -0.119.